The Morgan fingerprint density at radius 1 is 0.952 bits per heavy atom. The number of anilines is 1. The molecular formula is C18H17N3. The zero-order valence-corrected chi connectivity index (χ0v) is 12.2. The van der Waals surface area contributed by atoms with Gasteiger partial charge in [0.1, 0.15) is 5.66 Å². The van der Waals surface area contributed by atoms with Gasteiger partial charge in [-0.25, -0.2) is 4.68 Å². The summed E-state index contributed by atoms with van der Waals surface area (Å²) in [4.78, 5) is 0. The number of rotatable bonds is 1. The maximum atomic E-state index is 4.83. The van der Waals surface area contributed by atoms with Gasteiger partial charge in [-0.3, -0.25) is 0 Å². The normalized spacial score (nSPS) is 15.0. The molecule has 0 radical (unpaired) electrons. The van der Waals surface area contributed by atoms with Crippen LogP contribution in [0.2, 0.25) is 0 Å². The zero-order valence-electron chi connectivity index (χ0n) is 12.2. The van der Waals surface area contributed by atoms with Gasteiger partial charge in [-0.1, -0.05) is 48.5 Å². The lowest BCUT2D eigenvalue weighted by atomic mass is 10.0. The fourth-order valence-electron chi connectivity index (χ4n) is 2.95. The first-order chi connectivity index (χ1) is 10.1. The van der Waals surface area contributed by atoms with E-state index in [9.17, 15) is 0 Å². The number of hydrogen-bond donors (Lipinski definition) is 1. The van der Waals surface area contributed by atoms with Gasteiger partial charge in [0.25, 0.3) is 0 Å². The molecule has 3 aromatic rings. The molecule has 4 rings (SSSR count). The van der Waals surface area contributed by atoms with Crippen LogP contribution < -0.4 is 5.32 Å². The Labute approximate surface area is 124 Å². The highest BCUT2D eigenvalue weighted by Gasteiger charge is 2.31. The molecule has 0 spiro atoms. The van der Waals surface area contributed by atoms with Crippen LogP contribution in [0.15, 0.2) is 60.7 Å². The highest BCUT2D eigenvalue weighted by atomic mass is 15.4. The number of para-hydroxylation sites is 1. The number of benzene rings is 2. The van der Waals surface area contributed by atoms with Crippen LogP contribution in [0.25, 0.3) is 22.5 Å². The highest BCUT2D eigenvalue weighted by Crippen LogP contribution is 2.39. The summed E-state index contributed by atoms with van der Waals surface area (Å²) in [5, 5.41) is 8.38. The van der Waals surface area contributed by atoms with E-state index in [0.29, 0.717) is 0 Å². The molecule has 1 aliphatic heterocycles. The minimum atomic E-state index is -0.239. The molecule has 21 heavy (non-hydrogen) atoms. The van der Waals surface area contributed by atoms with Crippen LogP contribution in [0.3, 0.4) is 0 Å². The molecule has 0 aliphatic carbocycles. The van der Waals surface area contributed by atoms with E-state index < -0.39 is 0 Å². The summed E-state index contributed by atoms with van der Waals surface area (Å²) in [6.07, 6.45) is 0. The maximum absolute atomic E-state index is 4.83. The van der Waals surface area contributed by atoms with E-state index in [1.807, 2.05) is 18.2 Å². The Kier molecular flexibility index (Phi) is 2.45. The summed E-state index contributed by atoms with van der Waals surface area (Å²) in [6.45, 7) is 4.29. The molecule has 0 saturated carbocycles. The lowest BCUT2D eigenvalue weighted by molar-refractivity contribution is 0.370. The van der Waals surface area contributed by atoms with E-state index >= 15 is 0 Å². The van der Waals surface area contributed by atoms with Crippen LogP contribution >= 0.6 is 0 Å². The fraction of sp³-hybridized carbons (Fsp3) is 0.167. The summed E-state index contributed by atoms with van der Waals surface area (Å²) >= 11 is 0. The van der Waals surface area contributed by atoms with Crippen molar-refractivity contribution in [3.05, 3.63) is 60.7 Å². The second-order valence-electron chi connectivity index (χ2n) is 5.92. The van der Waals surface area contributed by atoms with Crippen molar-refractivity contribution in [2.24, 2.45) is 0 Å². The third-order valence-electron chi connectivity index (χ3n) is 3.95. The van der Waals surface area contributed by atoms with Gasteiger partial charge in [0.2, 0.25) is 0 Å². The largest absolute Gasteiger partial charge is 0.361 e. The van der Waals surface area contributed by atoms with Crippen molar-refractivity contribution in [2.75, 3.05) is 5.32 Å². The van der Waals surface area contributed by atoms with Crippen LogP contribution in [0.5, 0.6) is 0 Å². The molecule has 0 saturated heterocycles. The SMILES string of the molecule is CC1(C)Nc2ccccc2-c2cc(-c3ccccc3)nn21. The minimum Gasteiger partial charge on any atom is -0.361 e. The standard InChI is InChI=1S/C18H17N3/c1-18(2)19-15-11-7-6-10-14(15)17-12-16(20-21(17)18)13-8-4-3-5-9-13/h3-12,19H,1-2H3. The van der Waals surface area contributed by atoms with Gasteiger partial charge >= 0.3 is 0 Å². The molecule has 1 N–H and O–H groups in total. The number of aromatic nitrogens is 2. The quantitative estimate of drug-likeness (QED) is 0.716. The number of hydrogen-bond acceptors (Lipinski definition) is 2. The molecule has 104 valence electrons. The number of nitrogens with zero attached hydrogens (tertiary/aromatic N) is 2. The van der Waals surface area contributed by atoms with Crippen molar-refractivity contribution < 1.29 is 0 Å². The number of fused-ring (bicyclic) bond motifs is 3. The van der Waals surface area contributed by atoms with Gasteiger partial charge in [0, 0.05) is 16.8 Å². The van der Waals surface area contributed by atoms with Crippen LogP contribution in [-0.2, 0) is 5.66 Å². The second kappa shape index (κ2) is 4.22. The lowest BCUT2D eigenvalue weighted by Gasteiger charge is -2.35. The van der Waals surface area contributed by atoms with E-state index in [-0.39, 0.29) is 5.66 Å². The fourth-order valence-corrected chi connectivity index (χ4v) is 2.95. The Morgan fingerprint density at radius 2 is 1.67 bits per heavy atom. The molecule has 2 heterocycles. The molecule has 3 heteroatoms. The maximum Gasteiger partial charge on any atom is 0.126 e. The van der Waals surface area contributed by atoms with Crippen LogP contribution in [0.4, 0.5) is 5.69 Å². The molecule has 1 aliphatic rings. The first kappa shape index (κ1) is 12.2. The van der Waals surface area contributed by atoms with Gasteiger partial charge in [0.15, 0.2) is 0 Å². The van der Waals surface area contributed by atoms with Crippen molar-refractivity contribution in [1.82, 2.24) is 9.78 Å². The van der Waals surface area contributed by atoms with Gasteiger partial charge in [-0.05, 0) is 26.0 Å². The summed E-state index contributed by atoms with van der Waals surface area (Å²) in [7, 11) is 0. The molecular weight excluding hydrogens is 258 g/mol. The van der Waals surface area contributed by atoms with E-state index in [1.54, 1.807) is 0 Å². The van der Waals surface area contributed by atoms with Crippen LogP contribution in [0, 0.1) is 0 Å². The Balaban J connectivity index is 1.95. The number of nitrogens with one attached hydrogen (secondary N) is 1. The monoisotopic (exact) mass is 275 g/mol. The first-order valence-electron chi connectivity index (χ1n) is 7.19. The van der Waals surface area contributed by atoms with Gasteiger partial charge in [-0.15, -0.1) is 0 Å². The second-order valence-corrected chi connectivity index (χ2v) is 5.92. The van der Waals surface area contributed by atoms with Crippen molar-refractivity contribution in [2.45, 2.75) is 19.5 Å². The van der Waals surface area contributed by atoms with E-state index in [4.69, 9.17) is 5.10 Å². The van der Waals surface area contributed by atoms with Crippen molar-refractivity contribution in [1.29, 1.82) is 0 Å². The van der Waals surface area contributed by atoms with Gasteiger partial charge in [-0.2, -0.15) is 5.10 Å². The van der Waals surface area contributed by atoms with Gasteiger partial charge < -0.3 is 5.32 Å². The molecule has 0 unspecified atom stereocenters. The predicted octanol–water partition coefficient (Wildman–Crippen LogP) is 4.34. The third kappa shape index (κ3) is 1.85. The average Bonchev–Trinajstić information content (AvgIpc) is 2.94. The Bertz CT molecular complexity index is 800. The molecule has 0 bridgehead atoms. The smallest absolute Gasteiger partial charge is 0.126 e. The molecule has 0 amide bonds. The molecule has 0 atom stereocenters. The minimum absolute atomic E-state index is 0.239. The van der Waals surface area contributed by atoms with E-state index in [0.717, 1.165) is 22.6 Å². The summed E-state index contributed by atoms with van der Waals surface area (Å²) < 4.78 is 2.08. The van der Waals surface area contributed by atoms with E-state index in [2.05, 4.69) is 66.3 Å². The van der Waals surface area contributed by atoms with Gasteiger partial charge in [0.05, 0.1) is 11.4 Å². The third-order valence-corrected chi connectivity index (χ3v) is 3.95. The Hall–Kier alpha value is -2.55. The molecule has 1 aromatic heterocycles. The Morgan fingerprint density at radius 3 is 2.48 bits per heavy atom. The van der Waals surface area contributed by atoms with Crippen molar-refractivity contribution in [3.8, 4) is 22.5 Å². The van der Waals surface area contributed by atoms with Crippen molar-refractivity contribution in [3.63, 3.8) is 0 Å². The topological polar surface area (TPSA) is 29.9 Å². The lowest BCUT2D eigenvalue weighted by Crippen LogP contribution is -2.39. The highest BCUT2D eigenvalue weighted by molar-refractivity contribution is 5.81. The van der Waals surface area contributed by atoms with E-state index in [1.165, 1.54) is 5.56 Å². The van der Waals surface area contributed by atoms with Crippen LogP contribution in [0.1, 0.15) is 13.8 Å². The van der Waals surface area contributed by atoms with Crippen molar-refractivity contribution >= 4 is 5.69 Å². The zero-order chi connectivity index (χ0) is 14.4. The first-order valence-corrected chi connectivity index (χ1v) is 7.19. The summed E-state index contributed by atoms with van der Waals surface area (Å²) in [6, 6.07) is 20.9. The predicted molar refractivity (Wildman–Crippen MR) is 86.0 cm³/mol. The summed E-state index contributed by atoms with van der Waals surface area (Å²) in [5.41, 5.74) is 5.44. The van der Waals surface area contributed by atoms with Crippen LogP contribution in [-0.4, -0.2) is 9.78 Å². The summed E-state index contributed by atoms with van der Waals surface area (Å²) in [5.74, 6) is 0. The molecule has 3 nitrogen and oxygen atoms in total. The molecule has 2 aromatic carbocycles. The average molecular weight is 275 g/mol. The molecule has 0 fully saturated rings.